The fraction of sp³-hybridized carbons (Fsp3) is 0.725. The largest absolute Gasteiger partial charge is 0.497 e. The summed E-state index contributed by atoms with van der Waals surface area (Å²) < 4.78 is 30.5. The average molecular weight is 1130 g/mol. The highest BCUT2D eigenvalue weighted by molar-refractivity contribution is 5.95. The fourth-order valence-corrected chi connectivity index (χ4v) is 10.6. The van der Waals surface area contributed by atoms with Gasteiger partial charge < -0.3 is 43.6 Å². The molecule has 0 aliphatic heterocycles. The first-order valence-electron chi connectivity index (χ1n) is 32.8. The predicted octanol–water partition coefficient (Wildman–Crippen LogP) is 17.1. The maximum Gasteiger partial charge on any atom is 0.306 e. The van der Waals surface area contributed by atoms with Crippen molar-refractivity contribution in [3.63, 3.8) is 0 Å². The van der Waals surface area contributed by atoms with Crippen molar-refractivity contribution < 1.29 is 43.2 Å². The summed E-state index contributed by atoms with van der Waals surface area (Å²) in [5, 5.41) is 14.5. The van der Waals surface area contributed by atoms with E-state index in [9.17, 15) is 19.5 Å². The van der Waals surface area contributed by atoms with Crippen LogP contribution >= 0.6 is 0 Å². The number of aromatic nitrogens is 1. The van der Waals surface area contributed by atoms with E-state index in [-0.39, 0.29) is 23.9 Å². The number of rotatable bonds is 54. The third-order valence-electron chi connectivity index (χ3n) is 15.7. The summed E-state index contributed by atoms with van der Waals surface area (Å²) in [7, 11) is 3.29. The Morgan fingerprint density at radius 1 is 0.531 bits per heavy atom. The topological polar surface area (TPSA) is 138 Å². The molecule has 1 unspecified atom stereocenters. The highest BCUT2D eigenvalue weighted by Crippen LogP contribution is 2.25. The van der Waals surface area contributed by atoms with Gasteiger partial charge in [0.05, 0.1) is 26.9 Å². The highest BCUT2D eigenvalue weighted by atomic mass is 16.5. The smallest absolute Gasteiger partial charge is 0.306 e. The predicted molar refractivity (Wildman–Crippen MR) is 333 cm³/mol. The van der Waals surface area contributed by atoms with Crippen LogP contribution in [0.1, 0.15) is 274 Å². The standard InChI is InChI=1S/C69H115N3O9/c1-6-9-12-15-18-19-20-26-36-55-79-66(74)40-31-27-35-53-71(52-34-25-21-24-30-41-67(75)81-64(38-28-22-16-13-10-7-2)39-29-23-17-14-11-8-3)57-61(73)37-32-33-51-70-69(76)68-65(80-58-60-44-48-63(78-5)49-45-60)50-54-72(68)56-59-42-46-62(77-4)47-43-59/h42-50,54,61,64,73H,6-41,51-53,55-58H2,1-5H3,(H,70,76). The Morgan fingerprint density at radius 3 is 1.56 bits per heavy atom. The summed E-state index contributed by atoms with van der Waals surface area (Å²) >= 11 is 0. The summed E-state index contributed by atoms with van der Waals surface area (Å²) in [4.78, 5) is 41.9. The molecule has 0 aliphatic rings. The van der Waals surface area contributed by atoms with Crippen LogP contribution in [0.5, 0.6) is 17.2 Å². The van der Waals surface area contributed by atoms with Crippen molar-refractivity contribution in [2.75, 3.05) is 47.0 Å². The second-order valence-electron chi connectivity index (χ2n) is 22.9. The van der Waals surface area contributed by atoms with E-state index in [0.717, 1.165) is 138 Å². The summed E-state index contributed by atoms with van der Waals surface area (Å²) in [5.74, 6) is 1.73. The quantitative estimate of drug-likeness (QED) is 0.0415. The molecule has 12 heteroatoms. The van der Waals surface area contributed by atoms with Crippen molar-refractivity contribution in [3.8, 4) is 17.2 Å². The van der Waals surface area contributed by atoms with Crippen LogP contribution in [0.25, 0.3) is 0 Å². The molecule has 81 heavy (non-hydrogen) atoms. The van der Waals surface area contributed by atoms with Crippen molar-refractivity contribution in [2.45, 2.75) is 277 Å². The molecule has 2 aromatic carbocycles. The zero-order chi connectivity index (χ0) is 58.2. The molecule has 1 heterocycles. The van der Waals surface area contributed by atoms with E-state index < -0.39 is 6.10 Å². The number of hydrogen-bond donors (Lipinski definition) is 2. The molecule has 0 radical (unpaired) electrons. The number of esters is 2. The Bertz CT molecular complexity index is 1970. The number of carbonyl (C=O) groups is 3. The minimum Gasteiger partial charge on any atom is -0.497 e. The van der Waals surface area contributed by atoms with Gasteiger partial charge in [-0.3, -0.25) is 14.4 Å². The molecule has 2 N–H and O–H groups in total. The number of benzene rings is 2. The number of amides is 1. The van der Waals surface area contributed by atoms with Gasteiger partial charge in [-0.15, -0.1) is 0 Å². The summed E-state index contributed by atoms with van der Waals surface area (Å²) in [6.45, 7) is 10.9. The minimum absolute atomic E-state index is 0.0251. The number of unbranched alkanes of at least 4 members (excludes halogenated alkanes) is 25. The molecule has 1 atom stereocenters. The van der Waals surface area contributed by atoms with Crippen LogP contribution in [-0.2, 0) is 32.2 Å². The molecular formula is C69H115N3O9. The van der Waals surface area contributed by atoms with Crippen LogP contribution in [0.2, 0.25) is 0 Å². The SMILES string of the molecule is CCCCCCCCCCCOC(=O)CCCCCN(CCCCCCCC(=O)OC(CCCCCCCC)CCCCCCCC)CC(O)CCCCNC(=O)c1c(OCc2ccc(OC)cc2)ccn1Cc1ccc(OC)cc1. The van der Waals surface area contributed by atoms with Gasteiger partial charge in [0.2, 0.25) is 0 Å². The molecule has 0 saturated heterocycles. The van der Waals surface area contributed by atoms with Crippen LogP contribution in [0.3, 0.4) is 0 Å². The van der Waals surface area contributed by atoms with Crippen molar-refractivity contribution >= 4 is 17.8 Å². The zero-order valence-electron chi connectivity index (χ0n) is 51.9. The first kappa shape index (κ1) is 70.7. The van der Waals surface area contributed by atoms with Crippen LogP contribution < -0.4 is 19.5 Å². The van der Waals surface area contributed by atoms with Gasteiger partial charge in [0.25, 0.3) is 5.91 Å². The first-order chi connectivity index (χ1) is 39.7. The summed E-state index contributed by atoms with van der Waals surface area (Å²) in [6, 6.07) is 17.4. The zero-order valence-corrected chi connectivity index (χ0v) is 51.9. The molecule has 1 aromatic heterocycles. The van der Waals surface area contributed by atoms with E-state index in [1.54, 1.807) is 14.2 Å². The number of carbonyl (C=O) groups excluding carboxylic acids is 3. The first-order valence-corrected chi connectivity index (χ1v) is 32.8. The Kier molecular flexibility index (Phi) is 41.8. The van der Waals surface area contributed by atoms with Gasteiger partial charge >= 0.3 is 11.9 Å². The van der Waals surface area contributed by atoms with E-state index in [1.807, 2.05) is 65.4 Å². The van der Waals surface area contributed by atoms with Gasteiger partial charge in [0.15, 0.2) is 5.75 Å². The maximum absolute atomic E-state index is 13.9. The number of hydrogen-bond acceptors (Lipinski definition) is 10. The van der Waals surface area contributed by atoms with Crippen LogP contribution in [0, 0.1) is 0 Å². The van der Waals surface area contributed by atoms with Gasteiger partial charge in [-0.1, -0.05) is 186 Å². The molecule has 460 valence electrons. The van der Waals surface area contributed by atoms with E-state index in [2.05, 4.69) is 31.0 Å². The van der Waals surface area contributed by atoms with Gasteiger partial charge in [-0.2, -0.15) is 0 Å². The lowest BCUT2D eigenvalue weighted by atomic mass is 10.0. The molecule has 0 saturated carbocycles. The Morgan fingerprint density at radius 2 is 1.00 bits per heavy atom. The number of nitrogens with one attached hydrogen (secondary N) is 1. The van der Waals surface area contributed by atoms with Crippen molar-refractivity contribution in [1.29, 1.82) is 0 Å². The second-order valence-corrected chi connectivity index (χ2v) is 22.9. The minimum atomic E-state index is -0.492. The summed E-state index contributed by atoms with van der Waals surface area (Å²) in [6.07, 6.45) is 40.5. The molecule has 12 nitrogen and oxygen atoms in total. The summed E-state index contributed by atoms with van der Waals surface area (Å²) in [5.41, 5.74) is 2.45. The van der Waals surface area contributed by atoms with Gasteiger partial charge in [0.1, 0.15) is 29.9 Å². The number of ether oxygens (including phenoxy) is 5. The Hall–Kier alpha value is -4.55. The van der Waals surface area contributed by atoms with Crippen LogP contribution in [0.15, 0.2) is 60.8 Å². The van der Waals surface area contributed by atoms with Crippen molar-refractivity contribution in [1.82, 2.24) is 14.8 Å². The Labute approximate surface area is 492 Å². The van der Waals surface area contributed by atoms with E-state index in [1.165, 1.54) is 109 Å². The molecule has 3 aromatic rings. The van der Waals surface area contributed by atoms with E-state index in [4.69, 9.17) is 23.7 Å². The molecule has 3 rings (SSSR count). The van der Waals surface area contributed by atoms with Gasteiger partial charge in [0, 0.05) is 38.7 Å². The van der Waals surface area contributed by atoms with Crippen molar-refractivity contribution in [2.24, 2.45) is 0 Å². The highest BCUT2D eigenvalue weighted by Gasteiger charge is 2.20. The van der Waals surface area contributed by atoms with Gasteiger partial charge in [-0.05, 0) is 132 Å². The monoisotopic (exact) mass is 1130 g/mol. The van der Waals surface area contributed by atoms with E-state index in [0.29, 0.717) is 63.6 Å². The normalized spacial score (nSPS) is 11.8. The molecule has 0 bridgehead atoms. The second kappa shape index (κ2) is 47.9. The molecule has 0 aliphatic carbocycles. The molecule has 0 spiro atoms. The van der Waals surface area contributed by atoms with Crippen LogP contribution in [-0.4, -0.2) is 91.6 Å². The number of aliphatic hydroxyl groups is 1. The van der Waals surface area contributed by atoms with E-state index >= 15 is 0 Å². The van der Waals surface area contributed by atoms with Crippen LogP contribution in [0.4, 0.5) is 0 Å². The maximum atomic E-state index is 13.9. The lowest BCUT2D eigenvalue weighted by Gasteiger charge is -2.25. The fourth-order valence-electron chi connectivity index (χ4n) is 10.6. The van der Waals surface area contributed by atoms with Gasteiger partial charge in [-0.25, -0.2) is 0 Å². The number of methoxy groups -OCH3 is 2. The molecule has 0 fully saturated rings. The molecular weight excluding hydrogens is 1010 g/mol. The third-order valence-corrected chi connectivity index (χ3v) is 15.7. The average Bonchev–Trinajstić information content (AvgIpc) is 4.13. The lowest BCUT2D eigenvalue weighted by molar-refractivity contribution is -0.150. The third kappa shape index (κ3) is 35.3. The number of aliphatic hydroxyl groups excluding tert-OH is 1. The number of nitrogens with zero attached hydrogens (tertiary/aromatic N) is 2. The Balaban J connectivity index is 1.47. The lowest BCUT2D eigenvalue weighted by Crippen LogP contribution is -2.34. The molecule has 1 amide bonds. The van der Waals surface area contributed by atoms with Crippen molar-refractivity contribution in [3.05, 3.63) is 77.6 Å².